The van der Waals surface area contributed by atoms with Crippen molar-refractivity contribution in [3.8, 4) is 0 Å². The van der Waals surface area contributed by atoms with Gasteiger partial charge in [-0.2, -0.15) is 0 Å². The fourth-order valence-corrected chi connectivity index (χ4v) is 2.18. The predicted octanol–water partition coefficient (Wildman–Crippen LogP) is 1.10. The van der Waals surface area contributed by atoms with E-state index >= 15 is 0 Å². The third-order valence-electron chi connectivity index (χ3n) is 3.05. The predicted molar refractivity (Wildman–Crippen MR) is 52.9 cm³/mol. The van der Waals surface area contributed by atoms with E-state index in [9.17, 15) is 4.79 Å². The first-order chi connectivity index (χ1) is 6.75. The van der Waals surface area contributed by atoms with Crippen molar-refractivity contribution in [1.29, 1.82) is 0 Å². The highest BCUT2D eigenvalue weighted by atomic mass is 16.6. The summed E-state index contributed by atoms with van der Waals surface area (Å²) < 4.78 is 5.38. The topological polar surface area (TPSA) is 55.6 Å². The van der Waals surface area contributed by atoms with Gasteiger partial charge >= 0.3 is 6.09 Å². The molecule has 0 aromatic rings. The van der Waals surface area contributed by atoms with Crippen LogP contribution in [0.25, 0.3) is 0 Å². The summed E-state index contributed by atoms with van der Waals surface area (Å²) in [7, 11) is 0. The molecule has 1 heterocycles. The zero-order valence-corrected chi connectivity index (χ0v) is 8.45. The lowest BCUT2D eigenvalue weighted by Gasteiger charge is -2.18. The summed E-state index contributed by atoms with van der Waals surface area (Å²) in [6, 6.07) is 0.145. The Labute approximate surface area is 84.4 Å². The third-order valence-corrected chi connectivity index (χ3v) is 3.05. The van der Waals surface area contributed by atoms with Gasteiger partial charge in [0.1, 0.15) is 6.10 Å². The highest BCUT2D eigenvalue weighted by Crippen LogP contribution is 2.22. The SMILES string of the molecule is NC1CCN(C(=O)OC2CCCC2)C1. The van der Waals surface area contributed by atoms with E-state index in [0.717, 1.165) is 25.8 Å². The van der Waals surface area contributed by atoms with Gasteiger partial charge in [0.05, 0.1) is 0 Å². The molecule has 1 aliphatic heterocycles. The zero-order chi connectivity index (χ0) is 9.97. The number of carbonyl (C=O) groups is 1. The van der Waals surface area contributed by atoms with Crippen molar-refractivity contribution >= 4 is 6.09 Å². The minimum atomic E-state index is -0.162. The number of hydrogen-bond acceptors (Lipinski definition) is 3. The number of hydrogen-bond donors (Lipinski definition) is 1. The molecular formula is C10H18N2O2. The standard InChI is InChI=1S/C10H18N2O2/c11-8-5-6-12(7-8)10(13)14-9-3-1-2-4-9/h8-9H,1-7,11H2. The molecule has 4 heteroatoms. The van der Waals surface area contributed by atoms with Gasteiger partial charge in [0, 0.05) is 19.1 Å². The van der Waals surface area contributed by atoms with E-state index in [1.165, 1.54) is 12.8 Å². The molecule has 80 valence electrons. The molecule has 0 aromatic heterocycles. The Morgan fingerprint density at radius 1 is 1.29 bits per heavy atom. The number of carbonyl (C=O) groups excluding carboxylic acids is 1. The molecule has 1 atom stereocenters. The number of nitrogens with zero attached hydrogens (tertiary/aromatic N) is 1. The lowest BCUT2D eigenvalue weighted by Crippen LogP contribution is -2.34. The maximum absolute atomic E-state index is 11.6. The Hall–Kier alpha value is -0.770. The number of likely N-dealkylation sites (tertiary alicyclic amines) is 1. The fourth-order valence-electron chi connectivity index (χ4n) is 2.18. The van der Waals surface area contributed by atoms with Gasteiger partial charge in [0.2, 0.25) is 0 Å². The van der Waals surface area contributed by atoms with Gasteiger partial charge in [-0.1, -0.05) is 0 Å². The van der Waals surface area contributed by atoms with Crippen LogP contribution in [0.5, 0.6) is 0 Å². The zero-order valence-electron chi connectivity index (χ0n) is 8.45. The average molecular weight is 198 g/mol. The maximum Gasteiger partial charge on any atom is 0.410 e. The molecule has 2 N–H and O–H groups in total. The Morgan fingerprint density at radius 2 is 2.00 bits per heavy atom. The van der Waals surface area contributed by atoms with E-state index in [0.29, 0.717) is 6.54 Å². The van der Waals surface area contributed by atoms with Crippen molar-refractivity contribution in [2.24, 2.45) is 5.73 Å². The molecule has 1 saturated heterocycles. The maximum atomic E-state index is 11.6. The number of ether oxygens (including phenoxy) is 1. The fraction of sp³-hybridized carbons (Fsp3) is 0.900. The van der Waals surface area contributed by atoms with E-state index in [4.69, 9.17) is 10.5 Å². The van der Waals surface area contributed by atoms with Crippen LogP contribution in [0.1, 0.15) is 32.1 Å². The van der Waals surface area contributed by atoms with Crippen molar-refractivity contribution in [3.63, 3.8) is 0 Å². The van der Waals surface area contributed by atoms with Crippen LogP contribution in [0.4, 0.5) is 4.79 Å². The van der Waals surface area contributed by atoms with Crippen LogP contribution >= 0.6 is 0 Å². The summed E-state index contributed by atoms with van der Waals surface area (Å²) in [5, 5.41) is 0. The van der Waals surface area contributed by atoms with Crippen LogP contribution in [0.3, 0.4) is 0 Å². The van der Waals surface area contributed by atoms with Crippen LogP contribution in [0.2, 0.25) is 0 Å². The quantitative estimate of drug-likeness (QED) is 0.686. The first-order valence-corrected chi connectivity index (χ1v) is 5.47. The Morgan fingerprint density at radius 3 is 2.57 bits per heavy atom. The summed E-state index contributed by atoms with van der Waals surface area (Å²) in [6.07, 6.45) is 5.36. The van der Waals surface area contributed by atoms with Gasteiger partial charge in [0.15, 0.2) is 0 Å². The molecule has 0 bridgehead atoms. The second kappa shape index (κ2) is 4.17. The van der Waals surface area contributed by atoms with Crippen molar-refractivity contribution in [3.05, 3.63) is 0 Å². The summed E-state index contributed by atoms with van der Waals surface area (Å²) in [5.74, 6) is 0. The van der Waals surface area contributed by atoms with Crippen LogP contribution in [0.15, 0.2) is 0 Å². The highest BCUT2D eigenvalue weighted by Gasteiger charge is 2.27. The molecule has 0 spiro atoms. The summed E-state index contributed by atoms with van der Waals surface area (Å²) in [6.45, 7) is 1.41. The molecule has 1 aliphatic carbocycles. The molecule has 2 aliphatic rings. The normalized spacial score (nSPS) is 28.4. The van der Waals surface area contributed by atoms with E-state index < -0.39 is 0 Å². The smallest absolute Gasteiger partial charge is 0.410 e. The highest BCUT2D eigenvalue weighted by molar-refractivity contribution is 5.68. The second-order valence-corrected chi connectivity index (χ2v) is 4.28. The van der Waals surface area contributed by atoms with Crippen molar-refractivity contribution in [1.82, 2.24) is 4.90 Å². The van der Waals surface area contributed by atoms with Gasteiger partial charge in [-0.25, -0.2) is 4.79 Å². The lowest BCUT2D eigenvalue weighted by atomic mass is 10.3. The summed E-state index contributed by atoms with van der Waals surface area (Å²) in [4.78, 5) is 13.3. The third kappa shape index (κ3) is 2.18. The van der Waals surface area contributed by atoms with Gasteiger partial charge in [0.25, 0.3) is 0 Å². The monoisotopic (exact) mass is 198 g/mol. The molecule has 1 unspecified atom stereocenters. The average Bonchev–Trinajstić information content (AvgIpc) is 2.75. The van der Waals surface area contributed by atoms with Crippen LogP contribution in [-0.2, 0) is 4.74 Å². The lowest BCUT2D eigenvalue weighted by molar-refractivity contribution is 0.0712. The van der Waals surface area contributed by atoms with Crippen molar-refractivity contribution in [2.45, 2.75) is 44.2 Å². The largest absolute Gasteiger partial charge is 0.446 e. The molecule has 14 heavy (non-hydrogen) atoms. The Bertz CT molecular complexity index is 214. The molecule has 1 amide bonds. The minimum Gasteiger partial charge on any atom is -0.446 e. The number of amides is 1. The first-order valence-electron chi connectivity index (χ1n) is 5.47. The Kier molecular flexibility index (Phi) is 2.91. The molecule has 1 saturated carbocycles. The van der Waals surface area contributed by atoms with E-state index in [-0.39, 0.29) is 18.2 Å². The van der Waals surface area contributed by atoms with E-state index in [1.54, 1.807) is 4.90 Å². The minimum absolute atomic E-state index is 0.145. The van der Waals surface area contributed by atoms with Crippen LogP contribution in [0, 0.1) is 0 Å². The first kappa shape index (κ1) is 9.77. The molecule has 0 radical (unpaired) electrons. The van der Waals surface area contributed by atoms with Gasteiger partial charge in [-0.3, -0.25) is 0 Å². The van der Waals surface area contributed by atoms with Gasteiger partial charge in [-0.15, -0.1) is 0 Å². The van der Waals surface area contributed by atoms with Gasteiger partial charge in [-0.05, 0) is 32.1 Å². The van der Waals surface area contributed by atoms with Crippen LogP contribution < -0.4 is 5.73 Å². The summed E-state index contributed by atoms with van der Waals surface area (Å²) in [5.41, 5.74) is 5.72. The van der Waals surface area contributed by atoms with Gasteiger partial charge < -0.3 is 15.4 Å². The molecule has 2 rings (SSSR count). The van der Waals surface area contributed by atoms with E-state index in [2.05, 4.69) is 0 Å². The van der Waals surface area contributed by atoms with Crippen molar-refractivity contribution < 1.29 is 9.53 Å². The second-order valence-electron chi connectivity index (χ2n) is 4.28. The molecule has 4 nitrogen and oxygen atoms in total. The molecular weight excluding hydrogens is 180 g/mol. The van der Waals surface area contributed by atoms with Crippen molar-refractivity contribution in [2.75, 3.05) is 13.1 Å². The molecule has 2 fully saturated rings. The van der Waals surface area contributed by atoms with E-state index in [1.807, 2.05) is 0 Å². The Balaban J connectivity index is 1.77. The number of rotatable bonds is 1. The molecule has 0 aromatic carbocycles. The number of nitrogens with two attached hydrogens (primary N) is 1. The summed E-state index contributed by atoms with van der Waals surface area (Å²) >= 11 is 0. The van der Waals surface area contributed by atoms with Crippen LogP contribution in [-0.4, -0.2) is 36.2 Å².